The van der Waals surface area contributed by atoms with Gasteiger partial charge in [0.15, 0.2) is 0 Å². The molecule has 0 fully saturated rings. The van der Waals surface area contributed by atoms with Crippen molar-refractivity contribution >= 4 is 11.7 Å². The molecule has 0 aliphatic rings. The molecule has 0 saturated heterocycles. The first-order chi connectivity index (χ1) is 8.53. The summed E-state index contributed by atoms with van der Waals surface area (Å²) in [5, 5.41) is 19.8. The number of nitrogens with two attached hydrogens (primary N) is 1. The van der Waals surface area contributed by atoms with Gasteiger partial charge in [-0.1, -0.05) is 0 Å². The maximum absolute atomic E-state index is 11.2. The number of nitrogens with zero attached hydrogens (tertiary/aromatic N) is 2. The molecule has 18 heavy (non-hydrogen) atoms. The van der Waals surface area contributed by atoms with E-state index in [0.29, 0.717) is 5.56 Å². The fourth-order valence-corrected chi connectivity index (χ4v) is 1.54. The minimum absolute atomic E-state index is 0.109. The Kier molecular flexibility index (Phi) is 4.34. The fraction of sp³-hybridized carbons (Fsp3) is 0.273. The normalized spacial score (nSPS) is 9.61. The summed E-state index contributed by atoms with van der Waals surface area (Å²) in [4.78, 5) is 21.5. The molecule has 0 atom stereocenters. The summed E-state index contributed by atoms with van der Waals surface area (Å²) < 4.78 is 4.46. The van der Waals surface area contributed by atoms with Gasteiger partial charge in [-0.05, 0) is 17.7 Å². The molecule has 0 aromatic heterocycles. The molecule has 0 amide bonds. The standard InChI is InChI=1S/C11H11N3O4/c1-18-10(15)4-8-2-7(5-12)3-9(6-13)11(8)14(16)17/h2-3H,4-5,12H2,1H3. The van der Waals surface area contributed by atoms with Gasteiger partial charge < -0.3 is 10.5 Å². The second kappa shape index (κ2) is 5.75. The predicted molar refractivity (Wildman–Crippen MR) is 61.4 cm³/mol. The maximum atomic E-state index is 11.2. The number of esters is 1. The lowest BCUT2D eigenvalue weighted by atomic mass is 10.0. The molecule has 0 aliphatic carbocycles. The van der Waals surface area contributed by atoms with Crippen LogP contribution in [0.3, 0.4) is 0 Å². The molecule has 1 aromatic carbocycles. The summed E-state index contributed by atoms with van der Waals surface area (Å²) in [5.74, 6) is -0.615. The van der Waals surface area contributed by atoms with E-state index >= 15 is 0 Å². The molecular weight excluding hydrogens is 238 g/mol. The van der Waals surface area contributed by atoms with Crippen molar-refractivity contribution in [1.82, 2.24) is 0 Å². The van der Waals surface area contributed by atoms with Crippen LogP contribution >= 0.6 is 0 Å². The van der Waals surface area contributed by atoms with Crippen LogP contribution in [0.4, 0.5) is 5.69 Å². The van der Waals surface area contributed by atoms with Crippen molar-refractivity contribution in [1.29, 1.82) is 5.26 Å². The monoisotopic (exact) mass is 249 g/mol. The van der Waals surface area contributed by atoms with E-state index in [2.05, 4.69) is 4.74 Å². The second-order valence-electron chi connectivity index (χ2n) is 3.48. The third-order valence-corrected chi connectivity index (χ3v) is 2.35. The number of nitriles is 1. The van der Waals surface area contributed by atoms with Crippen LogP contribution in [0.25, 0.3) is 0 Å². The third-order valence-electron chi connectivity index (χ3n) is 2.35. The van der Waals surface area contributed by atoms with Gasteiger partial charge in [0.05, 0.1) is 18.5 Å². The number of hydrogen-bond acceptors (Lipinski definition) is 6. The highest BCUT2D eigenvalue weighted by Crippen LogP contribution is 2.26. The summed E-state index contributed by atoms with van der Waals surface area (Å²) in [6.45, 7) is 0.126. The van der Waals surface area contributed by atoms with E-state index in [4.69, 9.17) is 11.0 Å². The van der Waals surface area contributed by atoms with E-state index in [0.717, 1.165) is 0 Å². The number of hydrogen-bond donors (Lipinski definition) is 1. The van der Waals surface area contributed by atoms with Crippen molar-refractivity contribution in [2.75, 3.05) is 7.11 Å². The highest BCUT2D eigenvalue weighted by molar-refractivity contribution is 5.75. The molecule has 0 saturated carbocycles. The Balaban J connectivity index is 3.40. The van der Waals surface area contributed by atoms with Gasteiger partial charge in [-0.3, -0.25) is 14.9 Å². The molecule has 0 bridgehead atoms. The van der Waals surface area contributed by atoms with Gasteiger partial charge >= 0.3 is 5.97 Å². The summed E-state index contributed by atoms with van der Waals surface area (Å²) in [6, 6.07) is 4.52. The molecular formula is C11H11N3O4. The van der Waals surface area contributed by atoms with E-state index in [1.165, 1.54) is 19.2 Å². The van der Waals surface area contributed by atoms with Gasteiger partial charge in [-0.15, -0.1) is 0 Å². The molecule has 0 aliphatic heterocycles. The first-order valence-corrected chi connectivity index (χ1v) is 5.00. The van der Waals surface area contributed by atoms with E-state index in [1.807, 2.05) is 0 Å². The average Bonchev–Trinajstić information content (AvgIpc) is 2.36. The third kappa shape index (κ3) is 2.81. The number of carbonyl (C=O) groups is 1. The zero-order chi connectivity index (χ0) is 13.7. The van der Waals surface area contributed by atoms with Gasteiger partial charge in [0, 0.05) is 12.1 Å². The topological polar surface area (TPSA) is 119 Å². The van der Waals surface area contributed by atoms with Crippen molar-refractivity contribution in [3.63, 3.8) is 0 Å². The van der Waals surface area contributed by atoms with E-state index < -0.39 is 10.9 Å². The Morgan fingerprint density at radius 3 is 2.72 bits per heavy atom. The van der Waals surface area contributed by atoms with Gasteiger partial charge in [-0.2, -0.15) is 5.26 Å². The number of carbonyl (C=O) groups excluding carboxylic acids is 1. The number of ether oxygens (including phenoxy) is 1. The number of rotatable bonds is 4. The second-order valence-corrected chi connectivity index (χ2v) is 3.48. The molecule has 0 radical (unpaired) electrons. The average molecular weight is 249 g/mol. The van der Waals surface area contributed by atoms with Crippen molar-refractivity contribution in [2.45, 2.75) is 13.0 Å². The number of nitro benzene ring substituents is 1. The Hall–Kier alpha value is -2.46. The molecule has 1 aromatic rings. The molecule has 2 N–H and O–H groups in total. The van der Waals surface area contributed by atoms with Crippen LogP contribution in [-0.2, 0) is 22.5 Å². The maximum Gasteiger partial charge on any atom is 0.310 e. The Morgan fingerprint density at radius 2 is 2.28 bits per heavy atom. The molecule has 7 heteroatoms. The summed E-state index contributed by atoms with van der Waals surface area (Å²) in [7, 11) is 1.19. The van der Waals surface area contributed by atoms with Crippen LogP contribution in [0.5, 0.6) is 0 Å². The largest absolute Gasteiger partial charge is 0.469 e. The highest BCUT2D eigenvalue weighted by Gasteiger charge is 2.22. The predicted octanol–water partition coefficient (Wildman–Crippen LogP) is 0.641. The molecule has 94 valence electrons. The van der Waals surface area contributed by atoms with Crippen LogP contribution < -0.4 is 5.73 Å². The molecule has 1 rings (SSSR count). The summed E-state index contributed by atoms with van der Waals surface area (Å²) in [5.41, 5.74) is 5.63. The van der Waals surface area contributed by atoms with Gasteiger partial charge in [0.2, 0.25) is 0 Å². The first-order valence-electron chi connectivity index (χ1n) is 5.00. The molecule has 0 spiro atoms. The lowest BCUT2D eigenvalue weighted by Gasteiger charge is -2.06. The molecule has 0 heterocycles. The minimum Gasteiger partial charge on any atom is -0.469 e. The quantitative estimate of drug-likeness (QED) is 0.475. The Morgan fingerprint density at radius 1 is 1.61 bits per heavy atom. The lowest BCUT2D eigenvalue weighted by Crippen LogP contribution is -2.09. The zero-order valence-electron chi connectivity index (χ0n) is 9.67. The number of nitro groups is 1. The van der Waals surface area contributed by atoms with Gasteiger partial charge in [-0.25, -0.2) is 0 Å². The highest BCUT2D eigenvalue weighted by atomic mass is 16.6. The van der Waals surface area contributed by atoms with E-state index in [9.17, 15) is 14.9 Å². The first kappa shape index (κ1) is 13.6. The molecule has 7 nitrogen and oxygen atoms in total. The van der Waals surface area contributed by atoms with Crippen LogP contribution in [0, 0.1) is 21.4 Å². The summed E-state index contributed by atoms with van der Waals surface area (Å²) >= 11 is 0. The van der Waals surface area contributed by atoms with Crippen molar-refractivity contribution < 1.29 is 14.5 Å². The smallest absolute Gasteiger partial charge is 0.310 e. The van der Waals surface area contributed by atoms with Crippen LogP contribution in [0.15, 0.2) is 12.1 Å². The van der Waals surface area contributed by atoms with Gasteiger partial charge in [0.1, 0.15) is 11.6 Å². The summed E-state index contributed by atoms with van der Waals surface area (Å²) in [6.07, 6.45) is -0.269. The van der Waals surface area contributed by atoms with Crippen LogP contribution in [0.2, 0.25) is 0 Å². The van der Waals surface area contributed by atoms with Crippen LogP contribution in [0.1, 0.15) is 16.7 Å². The van der Waals surface area contributed by atoms with Gasteiger partial charge in [0.25, 0.3) is 5.69 Å². The van der Waals surface area contributed by atoms with E-state index in [-0.39, 0.29) is 29.8 Å². The Bertz CT molecular complexity index is 534. The number of methoxy groups -OCH3 is 1. The minimum atomic E-state index is -0.683. The van der Waals surface area contributed by atoms with Crippen molar-refractivity contribution in [2.24, 2.45) is 5.73 Å². The SMILES string of the molecule is COC(=O)Cc1cc(CN)cc(C#N)c1[N+](=O)[O-]. The van der Waals surface area contributed by atoms with Crippen LogP contribution in [-0.4, -0.2) is 18.0 Å². The fourth-order valence-electron chi connectivity index (χ4n) is 1.54. The Labute approximate surface area is 103 Å². The van der Waals surface area contributed by atoms with Crippen molar-refractivity contribution in [3.8, 4) is 6.07 Å². The molecule has 0 unspecified atom stereocenters. The lowest BCUT2D eigenvalue weighted by molar-refractivity contribution is -0.385. The zero-order valence-corrected chi connectivity index (χ0v) is 9.67. The number of benzene rings is 1. The van der Waals surface area contributed by atoms with E-state index in [1.54, 1.807) is 6.07 Å². The van der Waals surface area contributed by atoms with Crippen molar-refractivity contribution in [3.05, 3.63) is 38.9 Å².